The first-order valence-corrected chi connectivity index (χ1v) is 13.0. The van der Waals surface area contributed by atoms with E-state index in [1.165, 1.54) is 0 Å². The largest absolute Gasteiger partial charge is 0.507 e. The molecular formula is C30H40N2O5. The Hall–Kier alpha value is -3.32. The predicted octanol–water partition coefficient (Wildman–Crippen LogP) is 5.25. The number of aliphatic hydroxyl groups excluding tert-OH is 1. The van der Waals surface area contributed by atoms with E-state index in [4.69, 9.17) is 9.47 Å². The van der Waals surface area contributed by atoms with Crippen molar-refractivity contribution in [1.82, 2.24) is 9.80 Å². The number of benzene rings is 2. The van der Waals surface area contributed by atoms with Gasteiger partial charge in [-0.3, -0.25) is 9.59 Å². The molecule has 2 aromatic carbocycles. The number of nitrogens with zero attached hydrogens (tertiary/aromatic N) is 2. The summed E-state index contributed by atoms with van der Waals surface area (Å²) in [6.07, 6.45) is 3.82. The van der Waals surface area contributed by atoms with Crippen LogP contribution in [0.3, 0.4) is 0 Å². The Balaban J connectivity index is 2.09. The summed E-state index contributed by atoms with van der Waals surface area (Å²) in [5, 5.41) is 11.4. The Morgan fingerprint density at radius 1 is 1.03 bits per heavy atom. The van der Waals surface area contributed by atoms with E-state index in [0.29, 0.717) is 42.2 Å². The number of hydrogen-bond acceptors (Lipinski definition) is 6. The third-order valence-electron chi connectivity index (χ3n) is 6.70. The lowest BCUT2D eigenvalue weighted by Gasteiger charge is -2.26. The Kier molecular flexibility index (Phi) is 9.75. The minimum absolute atomic E-state index is 0.0993. The second-order valence-electron chi connectivity index (χ2n) is 9.93. The van der Waals surface area contributed by atoms with Crippen molar-refractivity contribution in [1.29, 1.82) is 0 Å². The van der Waals surface area contributed by atoms with Gasteiger partial charge in [0.25, 0.3) is 11.7 Å². The lowest BCUT2D eigenvalue weighted by atomic mass is 9.93. The van der Waals surface area contributed by atoms with Crippen molar-refractivity contribution in [2.45, 2.75) is 52.5 Å². The maximum atomic E-state index is 13.4. The first kappa shape index (κ1) is 28.3. The van der Waals surface area contributed by atoms with Crippen LogP contribution in [0, 0.1) is 13.8 Å². The van der Waals surface area contributed by atoms with Crippen molar-refractivity contribution in [2.75, 3.05) is 40.9 Å². The second kappa shape index (κ2) is 12.8. The summed E-state index contributed by atoms with van der Waals surface area (Å²) in [6.45, 7) is 7.68. The van der Waals surface area contributed by atoms with E-state index < -0.39 is 17.7 Å². The monoisotopic (exact) mass is 508 g/mol. The molecule has 0 radical (unpaired) electrons. The van der Waals surface area contributed by atoms with Gasteiger partial charge in [-0.25, -0.2) is 0 Å². The molecule has 7 heteroatoms. The van der Waals surface area contributed by atoms with Crippen LogP contribution >= 0.6 is 0 Å². The fourth-order valence-corrected chi connectivity index (χ4v) is 4.66. The van der Waals surface area contributed by atoms with Gasteiger partial charge in [0.1, 0.15) is 5.76 Å². The quantitative estimate of drug-likeness (QED) is 0.182. The Morgan fingerprint density at radius 3 is 2.46 bits per heavy atom. The lowest BCUT2D eigenvalue weighted by Crippen LogP contribution is -2.32. The van der Waals surface area contributed by atoms with Crippen LogP contribution < -0.4 is 9.47 Å². The summed E-state index contributed by atoms with van der Waals surface area (Å²) >= 11 is 0. The highest BCUT2D eigenvalue weighted by Gasteiger charge is 2.46. The highest BCUT2D eigenvalue weighted by molar-refractivity contribution is 6.46. The van der Waals surface area contributed by atoms with Crippen LogP contribution in [-0.4, -0.2) is 67.5 Å². The van der Waals surface area contributed by atoms with E-state index in [1.807, 2.05) is 63.2 Å². The van der Waals surface area contributed by atoms with Crippen LogP contribution in [0.25, 0.3) is 5.76 Å². The molecule has 1 amide bonds. The zero-order valence-electron chi connectivity index (χ0n) is 23.0. The number of methoxy groups -OCH3 is 1. The van der Waals surface area contributed by atoms with E-state index in [2.05, 4.69) is 6.92 Å². The highest BCUT2D eigenvalue weighted by Crippen LogP contribution is 2.42. The molecule has 1 aliphatic rings. The number of ether oxygens (including phenoxy) is 2. The topological polar surface area (TPSA) is 79.3 Å². The minimum Gasteiger partial charge on any atom is -0.507 e. The van der Waals surface area contributed by atoms with Crippen molar-refractivity contribution in [3.63, 3.8) is 0 Å². The maximum absolute atomic E-state index is 13.4. The molecule has 1 unspecified atom stereocenters. The summed E-state index contributed by atoms with van der Waals surface area (Å²) in [6, 6.07) is 10.4. The molecule has 1 atom stereocenters. The molecule has 2 aromatic rings. The van der Waals surface area contributed by atoms with Crippen molar-refractivity contribution < 1.29 is 24.2 Å². The van der Waals surface area contributed by atoms with Crippen LogP contribution in [0.4, 0.5) is 0 Å². The summed E-state index contributed by atoms with van der Waals surface area (Å²) in [4.78, 5) is 30.2. The molecule has 1 saturated heterocycles. The van der Waals surface area contributed by atoms with Crippen LogP contribution in [0.15, 0.2) is 42.0 Å². The Bertz CT molecular complexity index is 1150. The van der Waals surface area contributed by atoms with E-state index in [0.717, 1.165) is 36.9 Å². The second-order valence-corrected chi connectivity index (χ2v) is 9.93. The molecule has 0 aliphatic carbocycles. The number of carbonyl (C=O) groups is 2. The third kappa shape index (κ3) is 6.52. The number of likely N-dealkylation sites (tertiary alicyclic amines) is 1. The molecule has 0 saturated carbocycles. The standard InChI is InChI=1S/C30H40N2O5/c1-7-8-9-17-37-24-14-13-22(19-25(24)36-6)27-26(28(33)23-18-20(2)11-12-21(23)3)29(34)30(35)32(27)16-10-15-31(4)5/h11-14,18-19,27,33H,7-10,15-17H2,1-6H3. The maximum Gasteiger partial charge on any atom is 0.295 e. The number of carbonyl (C=O) groups excluding carboxylic acids is 2. The van der Waals surface area contributed by atoms with Crippen LogP contribution in [0.5, 0.6) is 11.5 Å². The van der Waals surface area contributed by atoms with Crippen molar-refractivity contribution in [3.05, 3.63) is 64.2 Å². The van der Waals surface area contributed by atoms with Crippen molar-refractivity contribution in [2.24, 2.45) is 0 Å². The van der Waals surface area contributed by atoms with Crippen molar-refractivity contribution >= 4 is 17.4 Å². The fraction of sp³-hybridized carbons (Fsp3) is 0.467. The number of Topliss-reactive ketones (excluding diaryl/α,β-unsaturated/α-hetero) is 1. The molecule has 0 aromatic heterocycles. The molecule has 1 N–H and O–H groups in total. The van der Waals surface area contributed by atoms with E-state index in [9.17, 15) is 14.7 Å². The number of unbranched alkanes of at least 4 members (excludes halogenated alkanes) is 2. The van der Waals surface area contributed by atoms with Gasteiger partial charge in [-0.05, 0) is 76.7 Å². The molecule has 1 fully saturated rings. The molecule has 0 spiro atoms. The smallest absolute Gasteiger partial charge is 0.295 e. The minimum atomic E-state index is -0.731. The average molecular weight is 509 g/mol. The summed E-state index contributed by atoms with van der Waals surface area (Å²) in [5.41, 5.74) is 3.12. The van der Waals surface area contributed by atoms with Gasteiger partial charge in [-0.2, -0.15) is 0 Å². The molecule has 200 valence electrons. The fourth-order valence-electron chi connectivity index (χ4n) is 4.66. The molecule has 37 heavy (non-hydrogen) atoms. The Labute approximate surface area is 220 Å². The number of aliphatic hydroxyl groups is 1. The van der Waals surface area contributed by atoms with Gasteiger partial charge in [-0.1, -0.05) is 43.5 Å². The predicted molar refractivity (Wildman–Crippen MR) is 146 cm³/mol. The third-order valence-corrected chi connectivity index (χ3v) is 6.70. The van der Waals surface area contributed by atoms with Crippen LogP contribution in [-0.2, 0) is 9.59 Å². The molecule has 1 aliphatic heterocycles. The average Bonchev–Trinajstić information content (AvgIpc) is 3.12. The van der Waals surface area contributed by atoms with E-state index >= 15 is 0 Å². The normalized spacial score (nSPS) is 17.1. The van der Waals surface area contributed by atoms with Gasteiger partial charge in [0.15, 0.2) is 11.5 Å². The summed E-state index contributed by atoms with van der Waals surface area (Å²) in [7, 11) is 5.51. The van der Waals surface area contributed by atoms with Gasteiger partial charge in [0.2, 0.25) is 0 Å². The van der Waals surface area contributed by atoms with Crippen LogP contribution in [0.1, 0.15) is 60.9 Å². The van der Waals surface area contributed by atoms with Gasteiger partial charge in [0, 0.05) is 12.1 Å². The zero-order valence-corrected chi connectivity index (χ0v) is 23.0. The number of aryl methyl sites for hydroxylation is 2. The number of amides is 1. The van der Waals surface area contributed by atoms with E-state index in [-0.39, 0.29) is 11.3 Å². The lowest BCUT2D eigenvalue weighted by molar-refractivity contribution is -0.139. The number of ketones is 1. The van der Waals surface area contributed by atoms with Gasteiger partial charge < -0.3 is 24.4 Å². The number of hydrogen-bond donors (Lipinski definition) is 1. The van der Waals surface area contributed by atoms with Crippen LogP contribution in [0.2, 0.25) is 0 Å². The zero-order chi connectivity index (χ0) is 27.1. The van der Waals surface area contributed by atoms with Gasteiger partial charge in [0.05, 0.1) is 25.3 Å². The molecular weight excluding hydrogens is 468 g/mol. The van der Waals surface area contributed by atoms with E-state index in [1.54, 1.807) is 18.1 Å². The number of rotatable bonds is 12. The van der Waals surface area contributed by atoms with Crippen molar-refractivity contribution in [3.8, 4) is 11.5 Å². The molecule has 3 rings (SSSR count). The first-order valence-electron chi connectivity index (χ1n) is 13.0. The Morgan fingerprint density at radius 2 is 1.78 bits per heavy atom. The highest BCUT2D eigenvalue weighted by atomic mass is 16.5. The first-order chi connectivity index (χ1) is 17.7. The summed E-state index contributed by atoms with van der Waals surface area (Å²) in [5.74, 6) is -0.291. The molecule has 1 heterocycles. The van der Waals surface area contributed by atoms with Gasteiger partial charge in [-0.15, -0.1) is 0 Å². The SMILES string of the molecule is CCCCCOc1ccc(C2C(=C(O)c3cc(C)ccc3C)C(=O)C(=O)N2CCCN(C)C)cc1OC. The van der Waals surface area contributed by atoms with Gasteiger partial charge >= 0.3 is 0 Å². The summed E-state index contributed by atoms with van der Waals surface area (Å²) < 4.78 is 11.6. The molecule has 7 nitrogen and oxygen atoms in total. The molecule has 0 bridgehead atoms.